The molecular formula is C9H8IN3. The molecule has 0 aliphatic carbocycles. The van der Waals surface area contributed by atoms with Crippen molar-refractivity contribution in [1.29, 1.82) is 0 Å². The number of benzene rings is 1. The highest BCUT2D eigenvalue weighted by Gasteiger charge is 1.97. The summed E-state index contributed by atoms with van der Waals surface area (Å²) in [4.78, 5) is 0. The van der Waals surface area contributed by atoms with E-state index >= 15 is 0 Å². The molecule has 1 aromatic heterocycles. The lowest BCUT2D eigenvalue weighted by atomic mass is 10.3. The second-order valence-corrected chi connectivity index (χ2v) is 3.94. The number of hydrogen-bond acceptors (Lipinski definition) is 2. The van der Waals surface area contributed by atoms with Crippen LogP contribution in [-0.2, 0) is 0 Å². The van der Waals surface area contributed by atoms with Gasteiger partial charge in [-0.25, -0.2) is 4.68 Å². The molecule has 66 valence electrons. The number of anilines is 1. The van der Waals surface area contributed by atoms with Crippen LogP contribution < -0.4 is 5.73 Å². The average molecular weight is 285 g/mol. The summed E-state index contributed by atoms with van der Waals surface area (Å²) in [6, 6.07) is 7.64. The predicted octanol–water partition coefficient (Wildman–Crippen LogP) is 2.06. The minimum Gasteiger partial charge on any atom is -0.399 e. The standard InChI is InChI=1S/C9H8IN3/c10-7-5-12-13(6-7)9-3-1-2-8(11)4-9/h1-6H,11H2. The van der Waals surface area contributed by atoms with Crippen LogP contribution in [0.1, 0.15) is 0 Å². The Balaban J connectivity index is 2.46. The molecule has 1 aromatic carbocycles. The molecule has 0 saturated heterocycles. The van der Waals surface area contributed by atoms with E-state index < -0.39 is 0 Å². The third-order valence-corrected chi connectivity index (χ3v) is 2.24. The van der Waals surface area contributed by atoms with Crippen LogP contribution in [0.25, 0.3) is 5.69 Å². The molecule has 0 radical (unpaired) electrons. The van der Waals surface area contributed by atoms with Crippen molar-refractivity contribution in [3.8, 4) is 5.69 Å². The largest absolute Gasteiger partial charge is 0.399 e. The van der Waals surface area contributed by atoms with Crippen molar-refractivity contribution in [3.05, 3.63) is 40.2 Å². The van der Waals surface area contributed by atoms with Crippen LogP contribution in [0.3, 0.4) is 0 Å². The lowest BCUT2D eigenvalue weighted by molar-refractivity contribution is 0.881. The van der Waals surface area contributed by atoms with E-state index in [0.29, 0.717) is 0 Å². The van der Waals surface area contributed by atoms with Crippen molar-refractivity contribution in [3.63, 3.8) is 0 Å². The first kappa shape index (κ1) is 8.55. The number of aromatic nitrogens is 2. The summed E-state index contributed by atoms with van der Waals surface area (Å²) in [6.07, 6.45) is 3.76. The Labute approximate surface area is 89.7 Å². The molecule has 2 N–H and O–H groups in total. The van der Waals surface area contributed by atoms with E-state index in [-0.39, 0.29) is 0 Å². The molecule has 0 saturated carbocycles. The molecule has 0 unspecified atom stereocenters. The van der Waals surface area contributed by atoms with Gasteiger partial charge < -0.3 is 5.73 Å². The minimum absolute atomic E-state index is 0.753. The summed E-state index contributed by atoms with van der Waals surface area (Å²) in [5.74, 6) is 0. The fourth-order valence-electron chi connectivity index (χ4n) is 1.11. The third kappa shape index (κ3) is 1.82. The van der Waals surface area contributed by atoms with E-state index in [1.54, 1.807) is 4.68 Å². The highest BCUT2D eigenvalue weighted by atomic mass is 127. The molecule has 0 amide bonds. The van der Waals surface area contributed by atoms with Gasteiger partial charge in [-0.2, -0.15) is 5.10 Å². The lowest BCUT2D eigenvalue weighted by Crippen LogP contribution is -1.95. The fourth-order valence-corrected chi connectivity index (χ4v) is 1.50. The van der Waals surface area contributed by atoms with Crippen LogP contribution in [0.4, 0.5) is 5.69 Å². The first-order valence-electron chi connectivity index (χ1n) is 3.82. The molecule has 0 atom stereocenters. The molecule has 4 heteroatoms. The number of halogens is 1. The highest BCUT2D eigenvalue weighted by Crippen LogP contribution is 2.12. The Kier molecular flexibility index (Phi) is 2.22. The monoisotopic (exact) mass is 285 g/mol. The zero-order chi connectivity index (χ0) is 9.26. The fraction of sp³-hybridized carbons (Fsp3) is 0. The zero-order valence-electron chi connectivity index (χ0n) is 6.81. The molecule has 0 aliphatic rings. The third-order valence-electron chi connectivity index (χ3n) is 1.69. The van der Waals surface area contributed by atoms with Crippen LogP contribution in [0.5, 0.6) is 0 Å². The molecule has 2 rings (SSSR count). The van der Waals surface area contributed by atoms with Crippen molar-refractivity contribution in [1.82, 2.24) is 9.78 Å². The first-order chi connectivity index (χ1) is 6.25. The minimum atomic E-state index is 0.753. The van der Waals surface area contributed by atoms with Gasteiger partial charge in [-0.3, -0.25) is 0 Å². The van der Waals surface area contributed by atoms with Gasteiger partial charge in [-0.05, 0) is 40.8 Å². The molecule has 1 heterocycles. The smallest absolute Gasteiger partial charge is 0.0666 e. The Morgan fingerprint density at radius 2 is 2.23 bits per heavy atom. The normalized spacial score (nSPS) is 10.2. The summed E-state index contributed by atoms with van der Waals surface area (Å²) in [5.41, 5.74) is 7.40. The molecule has 3 nitrogen and oxygen atoms in total. The topological polar surface area (TPSA) is 43.8 Å². The summed E-state index contributed by atoms with van der Waals surface area (Å²) in [6.45, 7) is 0. The maximum Gasteiger partial charge on any atom is 0.0666 e. The highest BCUT2D eigenvalue weighted by molar-refractivity contribution is 14.1. The summed E-state index contributed by atoms with van der Waals surface area (Å²) in [7, 11) is 0. The SMILES string of the molecule is Nc1cccc(-n2cc(I)cn2)c1. The van der Waals surface area contributed by atoms with Gasteiger partial charge in [0.05, 0.1) is 15.5 Å². The van der Waals surface area contributed by atoms with Gasteiger partial charge in [0, 0.05) is 11.9 Å². The maximum absolute atomic E-state index is 5.66. The van der Waals surface area contributed by atoms with E-state index in [0.717, 1.165) is 14.9 Å². The Bertz CT molecular complexity index is 422. The van der Waals surface area contributed by atoms with Gasteiger partial charge in [0.15, 0.2) is 0 Å². The van der Waals surface area contributed by atoms with Crippen LogP contribution in [-0.4, -0.2) is 9.78 Å². The van der Waals surface area contributed by atoms with Crippen molar-refractivity contribution >= 4 is 28.3 Å². The maximum atomic E-state index is 5.66. The molecule has 0 bridgehead atoms. The Hall–Kier alpha value is -1.04. The Morgan fingerprint density at radius 3 is 2.85 bits per heavy atom. The van der Waals surface area contributed by atoms with Crippen molar-refractivity contribution in [2.45, 2.75) is 0 Å². The van der Waals surface area contributed by atoms with Crippen LogP contribution in [0.15, 0.2) is 36.7 Å². The summed E-state index contributed by atoms with van der Waals surface area (Å²) < 4.78 is 2.91. The van der Waals surface area contributed by atoms with Crippen molar-refractivity contribution < 1.29 is 0 Å². The molecule has 2 aromatic rings. The van der Waals surface area contributed by atoms with E-state index in [1.165, 1.54) is 0 Å². The quantitative estimate of drug-likeness (QED) is 0.644. The Morgan fingerprint density at radius 1 is 1.38 bits per heavy atom. The molecule has 0 spiro atoms. The van der Waals surface area contributed by atoms with Crippen molar-refractivity contribution in [2.75, 3.05) is 5.73 Å². The van der Waals surface area contributed by atoms with E-state index in [1.807, 2.05) is 36.7 Å². The second kappa shape index (κ2) is 3.37. The van der Waals surface area contributed by atoms with Gasteiger partial charge in [0.1, 0.15) is 0 Å². The lowest BCUT2D eigenvalue weighted by Gasteiger charge is -2.00. The predicted molar refractivity (Wildman–Crippen MR) is 60.7 cm³/mol. The van der Waals surface area contributed by atoms with Crippen molar-refractivity contribution in [2.24, 2.45) is 0 Å². The van der Waals surface area contributed by atoms with Crippen LogP contribution in [0, 0.1) is 3.57 Å². The average Bonchev–Trinajstić information content (AvgIpc) is 2.52. The van der Waals surface area contributed by atoms with Crippen LogP contribution >= 0.6 is 22.6 Å². The van der Waals surface area contributed by atoms with Crippen LogP contribution in [0.2, 0.25) is 0 Å². The first-order valence-corrected chi connectivity index (χ1v) is 4.90. The summed E-state index contributed by atoms with van der Waals surface area (Å²) >= 11 is 2.22. The number of nitrogen functional groups attached to an aromatic ring is 1. The number of rotatable bonds is 1. The zero-order valence-corrected chi connectivity index (χ0v) is 8.97. The van der Waals surface area contributed by atoms with Gasteiger partial charge in [-0.1, -0.05) is 6.07 Å². The van der Waals surface area contributed by atoms with E-state index in [4.69, 9.17) is 5.73 Å². The number of hydrogen-bond donors (Lipinski definition) is 1. The summed E-state index contributed by atoms with van der Waals surface area (Å²) in [5, 5.41) is 4.18. The van der Waals surface area contributed by atoms with Gasteiger partial charge >= 0.3 is 0 Å². The van der Waals surface area contributed by atoms with E-state index in [9.17, 15) is 0 Å². The molecule has 0 aliphatic heterocycles. The van der Waals surface area contributed by atoms with Gasteiger partial charge in [0.25, 0.3) is 0 Å². The number of nitrogens with two attached hydrogens (primary N) is 1. The molecule has 0 fully saturated rings. The molecular weight excluding hydrogens is 277 g/mol. The van der Waals surface area contributed by atoms with Gasteiger partial charge in [-0.15, -0.1) is 0 Å². The van der Waals surface area contributed by atoms with Gasteiger partial charge in [0.2, 0.25) is 0 Å². The second-order valence-electron chi connectivity index (χ2n) is 2.70. The molecule has 13 heavy (non-hydrogen) atoms. The number of nitrogens with zero attached hydrogens (tertiary/aromatic N) is 2. The van der Waals surface area contributed by atoms with E-state index in [2.05, 4.69) is 27.7 Å².